The molecule has 2 atom stereocenters. The summed E-state index contributed by atoms with van der Waals surface area (Å²) >= 11 is 0. The number of rotatable bonds is 5. The number of hydrogen-bond acceptors (Lipinski definition) is 2. The first-order valence-electron chi connectivity index (χ1n) is 6.76. The van der Waals surface area contributed by atoms with Crippen LogP contribution < -0.4 is 10.1 Å². The van der Waals surface area contributed by atoms with Crippen LogP contribution in [-0.2, 0) is 0 Å². The molecule has 0 spiro atoms. The Bertz CT molecular complexity index is 345. The van der Waals surface area contributed by atoms with Gasteiger partial charge in [0.25, 0.3) is 0 Å². The largest absolute Gasteiger partial charge is 0.492 e. The molecule has 1 aliphatic rings. The molecule has 94 valence electrons. The van der Waals surface area contributed by atoms with Crippen LogP contribution in [0.15, 0.2) is 24.3 Å². The first-order valence-corrected chi connectivity index (χ1v) is 6.76. The quantitative estimate of drug-likeness (QED) is 0.842. The number of para-hydroxylation sites is 1. The molecule has 1 aromatic rings. The Labute approximate surface area is 104 Å². The number of benzene rings is 1. The third-order valence-corrected chi connectivity index (χ3v) is 3.66. The molecule has 1 fully saturated rings. The Kier molecular flexibility index (Phi) is 4.43. The Balaban J connectivity index is 1.98. The molecule has 2 rings (SSSR count). The van der Waals surface area contributed by atoms with Crippen LogP contribution in [-0.4, -0.2) is 19.2 Å². The third kappa shape index (κ3) is 3.22. The SMILES string of the molecule is CCC(C)c1ccccc1OC[C@H]1CCCN1. The molecule has 1 aliphatic heterocycles. The summed E-state index contributed by atoms with van der Waals surface area (Å²) in [5.41, 5.74) is 1.34. The number of nitrogens with one attached hydrogen (secondary N) is 1. The zero-order chi connectivity index (χ0) is 12.1. The van der Waals surface area contributed by atoms with Crippen molar-refractivity contribution in [1.29, 1.82) is 0 Å². The van der Waals surface area contributed by atoms with Crippen molar-refractivity contribution in [2.45, 2.75) is 45.1 Å². The highest BCUT2D eigenvalue weighted by Crippen LogP contribution is 2.28. The lowest BCUT2D eigenvalue weighted by molar-refractivity contribution is 0.273. The van der Waals surface area contributed by atoms with E-state index in [1.54, 1.807) is 0 Å². The van der Waals surface area contributed by atoms with Crippen LogP contribution in [0.1, 0.15) is 44.6 Å². The van der Waals surface area contributed by atoms with Gasteiger partial charge in [-0.05, 0) is 43.4 Å². The van der Waals surface area contributed by atoms with Crippen LogP contribution in [0.25, 0.3) is 0 Å². The second kappa shape index (κ2) is 6.06. The molecule has 0 saturated carbocycles. The van der Waals surface area contributed by atoms with Crippen molar-refractivity contribution in [1.82, 2.24) is 5.32 Å². The van der Waals surface area contributed by atoms with Gasteiger partial charge in [0.1, 0.15) is 12.4 Å². The van der Waals surface area contributed by atoms with Crippen LogP contribution in [0.2, 0.25) is 0 Å². The van der Waals surface area contributed by atoms with E-state index in [0.717, 1.165) is 25.3 Å². The summed E-state index contributed by atoms with van der Waals surface area (Å²) in [7, 11) is 0. The molecular formula is C15H23NO. The minimum Gasteiger partial charge on any atom is -0.492 e. The van der Waals surface area contributed by atoms with E-state index in [4.69, 9.17) is 4.74 Å². The minimum absolute atomic E-state index is 0.542. The van der Waals surface area contributed by atoms with Gasteiger partial charge in [-0.15, -0.1) is 0 Å². The summed E-state index contributed by atoms with van der Waals surface area (Å²) in [6.07, 6.45) is 3.68. The predicted octanol–water partition coefficient (Wildman–Crippen LogP) is 3.33. The highest BCUT2D eigenvalue weighted by atomic mass is 16.5. The van der Waals surface area contributed by atoms with E-state index in [1.165, 1.54) is 18.4 Å². The maximum atomic E-state index is 5.98. The summed E-state index contributed by atoms with van der Waals surface area (Å²) in [5.74, 6) is 1.64. The Morgan fingerprint density at radius 2 is 2.24 bits per heavy atom. The lowest BCUT2D eigenvalue weighted by Crippen LogP contribution is -2.28. The highest BCUT2D eigenvalue weighted by molar-refractivity contribution is 5.35. The first-order chi connectivity index (χ1) is 8.31. The van der Waals surface area contributed by atoms with Gasteiger partial charge in [0.2, 0.25) is 0 Å². The van der Waals surface area contributed by atoms with Gasteiger partial charge in [-0.3, -0.25) is 0 Å². The summed E-state index contributed by atoms with van der Waals surface area (Å²) in [5, 5.41) is 3.46. The van der Waals surface area contributed by atoms with Gasteiger partial charge in [-0.25, -0.2) is 0 Å². The van der Waals surface area contributed by atoms with Gasteiger partial charge < -0.3 is 10.1 Å². The van der Waals surface area contributed by atoms with Crippen molar-refractivity contribution >= 4 is 0 Å². The van der Waals surface area contributed by atoms with Crippen LogP contribution in [0, 0.1) is 0 Å². The Morgan fingerprint density at radius 3 is 2.94 bits per heavy atom. The van der Waals surface area contributed by atoms with E-state index in [2.05, 4.69) is 43.4 Å². The minimum atomic E-state index is 0.542. The maximum Gasteiger partial charge on any atom is 0.122 e. The van der Waals surface area contributed by atoms with Crippen LogP contribution >= 0.6 is 0 Å². The molecule has 2 heteroatoms. The van der Waals surface area contributed by atoms with E-state index in [9.17, 15) is 0 Å². The second-order valence-electron chi connectivity index (χ2n) is 4.95. The number of ether oxygens (including phenoxy) is 1. The van der Waals surface area contributed by atoms with Crippen molar-refractivity contribution in [2.75, 3.05) is 13.2 Å². The molecular weight excluding hydrogens is 210 g/mol. The zero-order valence-electron chi connectivity index (χ0n) is 10.9. The topological polar surface area (TPSA) is 21.3 Å². The third-order valence-electron chi connectivity index (χ3n) is 3.66. The molecule has 0 amide bonds. The molecule has 17 heavy (non-hydrogen) atoms. The lowest BCUT2D eigenvalue weighted by Gasteiger charge is -2.17. The van der Waals surface area contributed by atoms with Gasteiger partial charge in [0.05, 0.1) is 0 Å². The molecule has 1 saturated heterocycles. The molecule has 1 N–H and O–H groups in total. The fourth-order valence-electron chi connectivity index (χ4n) is 2.33. The molecule has 0 aliphatic carbocycles. The first kappa shape index (κ1) is 12.4. The standard InChI is InChI=1S/C15H23NO/c1-3-12(2)14-8-4-5-9-15(14)17-11-13-7-6-10-16-13/h4-5,8-9,12-13,16H,3,6-7,10-11H2,1-2H3/t12?,13-/m1/s1. The van der Waals surface area contributed by atoms with Gasteiger partial charge in [-0.1, -0.05) is 32.0 Å². The van der Waals surface area contributed by atoms with Crippen molar-refractivity contribution in [3.63, 3.8) is 0 Å². The van der Waals surface area contributed by atoms with E-state index in [1.807, 2.05) is 0 Å². The van der Waals surface area contributed by atoms with Crippen LogP contribution in [0.4, 0.5) is 0 Å². The fourth-order valence-corrected chi connectivity index (χ4v) is 2.33. The summed E-state index contributed by atoms with van der Waals surface area (Å²) in [4.78, 5) is 0. The summed E-state index contributed by atoms with van der Waals surface area (Å²) in [6, 6.07) is 8.98. The molecule has 1 heterocycles. The Morgan fingerprint density at radius 1 is 1.41 bits per heavy atom. The average molecular weight is 233 g/mol. The van der Waals surface area contributed by atoms with Crippen molar-refractivity contribution in [2.24, 2.45) is 0 Å². The normalized spacial score (nSPS) is 21.4. The predicted molar refractivity (Wildman–Crippen MR) is 71.7 cm³/mol. The highest BCUT2D eigenvalue weighted by Gasteiger charge is 2.16. The van der Waals surface area contributed by atoms with Crippen molar-refractivity contribution in [3.05, 3.63) is 29.8 Å². The second-order valence-corrected chi connectivity index (χ2v) is 4.95. The smallest absolute Gasteiger partial charge is 0.122 e. The van der Waals surface area contributed by atoms with Crippen molar-refractivity contribution < 1.29 is 4.74 Å². The Hall–Kier alpha value is -1.02. The van der Waals surface area contributed by atoms with Gasteiger partial charge >= 0.3 is 0 Å². The molecule has 0 bridgehead atoms. The van der Waals surface area contributed by atoms with Crippen LogP contribution in [0.3, 0.4) is 0 Å². The van der Waals surface area contributed by atoms with Gasteiger partial charge in [0, 0.05) is 6.04 Å². The molecule has 1 unspecified atom stereocenters. The lowest BCUT2D eigenvalue weighted by atomic mass is 9.98. The van der Waals surface area contributed by atoms with E-state index < -0.39 is 0 Å². The van der Waals surface area contributed by atoms with Crippen molar-refractivity contribution in [3.8, 4) is 5.75 Å². The van der Waals surface area contributed by atoms with E-state index >= 15 is 0 Å². The number of hydrogen-bond donors (Lipinski definition) is 1. The van der Waals surface area contributed by atoms with E-state index in [-0.39, 0.29) is 0 Å². The van der Waals surface area contributed by atoms with Crippen LogP contribution in [0.5, 0.6) is 5.75 Å². The molecule has 0 aromatic heterocycles. The zero-order valence-corrected chi connectivity index (χ0v) is 10.9. The molecule has 2 nitrogen and oxygen atoms in total. The molecule has 1 aromatic carbocycles. The monoisotopic (exact) mass is 233 g/mol. The fraction of sp³-hybridized carbons (Fsp3) is 0.600. The average Bonchev–Trinajstić information content (AvgIpc) is 2.89. The van der Waals surface area contributed by atoms with Gasteiger partial charge in [0.15, 0.2) is 0 Å². The maximum absolute atomic E-state index is 5.98. The molecule has 0 radical (unpaired) electrons. The summed E-state index contributed by atoms with van der Waals surface area (Å²) < 4.78 is 5.98. The van der Waals surface area contributed by atoms with Gasteiger partial charge in [-0.2, -0.15) is 0 Å². The van der Waals surface area contributed by atoms with E-state index in [0.29, 0.717) is 12.0 Å². The summed E-state index contributed by atoms with van der Waals surface area (Å²) in [6.45, 7) is 6.42.